The molecular weight excluding hydrogens is 586 g/mol. The number of fused-ring (bicyclic) bond motifs is 1. The van der Waals surface area contributed by atoms with Crippen molar-refractivity contribution in [2.45, 2.75) is 44.4 Å². The lowest BCUT2D eigenvalue weighted by atomic mass is 10.0. The van der Waals surface area contributed by atoms with Gasteiger partial charge in [0.2, 0.25) is 11.9 Å². The van der Waals surface area contributed by atoms with Crippen LogP contribution in [-0.2, 0) is 20.8 Å². The van der Waals surface area contributed by atoms with Gasteiger partial charge in [-0.15, -0.1) is 0 Å². The van der Waals surface area contributed by atoms with Crippen molar-refractivity contribution >= 4 is 35.2 Å². The second-order valence-corrected chi connectivity index (χ2v) is 11.6. The molecular formula is C31H36ClN7O5. The summed E-state index contributed by atoms with van der Waals surface area (Å²) >= 11 is 6.49. The largest absolute Gasteiger partial charge is 0.394 e. The van der Waals surface area contributed by atoms with E-state index in [9.17, 15) is 14.7 Å². The van der Waals surface area contributed by atoms with Crippen molar-refractivity contribution < 1.29 is 24.2 Å². The zero-order chi connectivity index (χ0) is 30.6. The van der Waals surface area contributed by atoms with Crippen LogP contribution in [0.25, 0.3) is 11.3 Å². The fraction of sp³-hybridized carbons (Fsp3) is 0.452. The molecule has 232 valence electrons. The maximum Gasteiger partial charge on any atom is 0.255 e. The lowest BCUT2D eigenvalue weighted by molar-refractivity contribution is -0.126. The lowest BCUT2D eigenvalue weighted by Gasteiger charge is -2.29. The first-order valence-corrected chi connectivity index (χ1v) is 15.3. The highest BCUT2D eigenvalue weighted by Crippen LogP contribution is 2.32. The molecule has 12 nitrogen and oxygen atoms in total. The Labute approximate surface area is 260 Å². The first kappa shape index (κ1) is 30.2. The predicted octanol–water partition coefficient (Wildman–Crippen LogP) is 2.81. The maximum atomic E-state index is 13.6. The molecule has 2 atom stereocenters. The van der Waals surface area contributed by atoms with E-state index >= 15 is 0 Å². The Balaban J connectivity index is 1.14. The predicted molar refractivity (Wildman–Crippen MR) is 165 cm³/mol. The normalized spacial score (nSPS) is 18.6. The molecule has 0 spiro atoms. The molecule has 3 aromatic rings. The van der Waals surface area contributed by atoms with E-state index in [1.165, 1.54) is 4.90 Å². The average Bonchev–Trinajstić information content (AvgIpc) is 3.40. The van der Waals surface area contributed by atoms with Gasteiger partial charge in [0.25, 0.3) is 5.91 Å². The fourth-order valence-corrected chi connectivity index (χ4v) is 5.93. The highest BCUT2D eigenvalue weighted by atomic mass is 35.5. The molecule has 2 fully saturated rings. The molecule has 5 heterocycles. The van der Waals surface area contributed by atoms with Crippen LogP contribution in [0.3, 0.4) is 0 Å². The number of rotatable bonds is 9. The third kappa shape index (κ3) is 6.48. The van der Waals surface area contributed by atoms with Crippen LogP contribution in [0.2, 0.25) is 5.02 Å². The molecule has 0 unspecified atom stereocenters. The van der Waals surface area contributed by atoms with E-state index in [1.54, 1.807) is 31.5 Å². The second kappa shape index (κ2) is 13.4. The third-order valence-electron chi connectivity index (χ3n) is 8.37. The first-order valence-electron chi connectivity index (χ1n) is 14.9. The van der Waals surface area contributed by atoms with Gasteiger partial charge in [-0.3, -0.25) is 9.59 Å². The number of aromatic nitrogens is 3. The molecule has 3 aliphatic rings. The number of ether oxygens (including phenoxy) is 2. The van der Waals surface area contributed by atoms with Gasteiger partial charge in [0, 0.05) is 56.2 Å². The van der Waals surface area contributed by atoms with E-state index in [2.05, 4.69) is 30.5 Å². The number of amides is 2. The Morgan fingerprint density at radius 2 is 1.89 bits per heavy atom. The topological polar surface area (TPSA) is 142 Å². The van der Waals surface area contributed by atoms with Gasteiger partial charge in [0.05, 0.1) is 42.8 Å². The first-order chi connectivity index (χ1) is 21.4. The summed E-state index contributed by atoms with van der Waals surface area (Å²) in [6.45, 7) is 5.76. The molecule has 2 saturated heterocycles. The number of benzene rings is 1. The fourth-order valence-electron chi connectivity index (χ4n) is 5.73. The second-order valence-electron chi connectivity index (χ2n) is 11.2. The summed E-state index contributed by atoms with van der Waals surface area (Å²) in [7, 11) is 0. The van der Waals surface area contributed by atoms with Crippen LogP contribution in [0.5, 0.6) is 0 Å². The number of morpholine rings is 1. The van der Waals surface area contributed by atoms with Crippen molar-refractivity contribution in [3.63, 3.8) is 0 Å². The van der Waals surface area contributed by atoms with Crippen LogP contribution in [0.1, 0.15) is 47.3 Å². The summed E-state index contributed by atoms with van der Waals surface area (Å²) in [4.78, 5) is 44.0. The van der Waals surface area contributed by atoms with E-state index < -0.39 is 12.1 Å². The van der Waals surface area contributed by atoms with E-state index in [1.807, 2.05) is 18.2 Å². The quantitative estimate of drug-likeness (QED) is 0.326. The van der Waals surface area contributed by atoms with Crippen LogP contribution in [0, 0.1) is 0 Å². The monoisotopic (exact) mass is 621 g/mol. The van der Waals surface area contributed by atoms with Gasteiger partial charge in [-0.25, -0.2) is 15.0 Å². The molecule has 0 saturated carbocycles. The minimum absolute atomic E-state index is 0.219. The van der Waals surface area contributed by atoms with E-state index in [4.69, 9.17) is 21.1 Å². The van der Waals surface area contributed by atoms with Crippen molar-refractivity contribution in [2.24, 2.45) is 0 Å². The molecule has 1 aromatic carbocycles. The van der Waals surface area contributed by atoms with E-state index in [-0.39, 0.29) is 31.0 Å². The molecule has 3 aliphatic heterocycles. The molecule has 2 aromatic heterocycles. The summed E-state index contributed by atoms with van der Waals surface area (Å²) in [6, 6.07) is 7.97. The SMILES string of the molecule is C[C@H](C(=O)N[C@H](CO)c1ccnc(N2CCOCC2)c1)N1Cc2ccc(-c3nc(NC4CCOCC4)ncc3Cl)cc2C1=O. The number of anilines is 2. The number of pyridine rings is 1. The summed E-state index contributed by atoms with van der Waals surface area (Å²) in [5.41, 5.74) is 3.26. The lowest BCUT2D eigenvalue weighted by Crippen LogP contribution is -2.46. The Bertz CT molecular complexity index is 1510. The van der Waals surface area contributed by atoms with Crippen LogP contribution in [-0.4, -0.2) is 95.0 Å². The van der Waals surface area contributed by atoms with Gasteiger partial charge >= 0.3 is 0 Å². The molecule has 2 amide bonds. The van der Waals surface area contributed by atoms with Crippen LogP contribution < -0.4 is 15.5 Å². The van der Waals surface area contributed by atoms with Crippen molar-refractivity contribution in [1.29, 1.82) is 0 Å². The van der Waals surface area contributed by atoms with Crippen LogP contribution in [0.15, 0.2) is 42.7 Å². The number of nitrogens with zero attached hydrogens (tertiary/aromatic N) is 5. The van der Waals surface area contributed by atoms with Crippen molar-refractivity contribution in [3.8, 4) is 11.3 Å². The molecule has 0 aliphatic carbocycles. The zero-order valence-corrected chi connectivity index (χ0v) is 25.3. The number of carbonyl (C=O) groups excluding carboxylic acids is 2. The smallest absolute Gasteiger partial charge is 0.255 e. The minimum atomic E-state index is -0.772. The summed E-state index contributed by atoms with van der Waals surface area (Å²) in [5.74, 6) is 0.620. The zero-order valence-electron chi connectivity index (χ0n) is 24.5. The van der Waals surface area contributed by atoms with Gasteiger partial charge in [-0.1, -0.05) is 23.7 Å². The van der Waals surface area contributed by atoms with Gasteiger partial charge < -0.3 is 35.0 Å². The Morgan fingerprint density at radius 3 is 2.66 bits per heavy atom. The number of hydrogen-bond acceptors (Lipinski definition) is 10. The minimum Gasteiger partial charge on any atom is -0.394 e. The number of carbonyl (C=O) groups is 2. The van der Waals surface area contributed by atoms with Crippen molar-refractivity contribution in [2.75, 3.05) is 56.3 Å². The Kier molecular flexibility index (Phi) is 9.22. The molecule has 6 rings (SSSR count). The highest BCUT2D eigenvalue weighted by Gasteiger charge is 2.35. The van der Waals surface area contributed by atoms with Crippen LogP contribution >= 0.6 is 11.6 Å². The number of nitrogens with one attached hydrogen (secondary N) is 2. The standard InChI is InChI=1S/C31H36ClN7O5/c1-19(29(41)36-26(18-40)20-4-7-33-27(15-20)38-8-12-44-13-9-38)39-17-22-3-2-21(14-24(22)30(39)42)28-25(32)16-34-31(37-28)35-23-5-10-43-11-6-23/h2-4,7,14-16,19,23,26,40H,5-6,8-13,17-18H2,1H3,(H,36,41)(H,34,35,37)/t19-,26-/m1/s1. The summed E-state index contributed by atoms with van der Waals surface area (Å²) in [6.07, 6.45) is 4.97. The molecule has 44 heavy (non-hydrogen) atoms. The average molecular weight is 622 g/mol. The number of aliphatic hydroxyl groups excluding tert-OH is 1. The Hall–Kier alpha value is -3.84. The molecule has 0 bridgehead atoms. The maximum absolute atomic E-state index is 13.6. The van der Waals surface area contributed by atoms with Crippen LogP contribution in [0.4, 0.5) is 11.8 Å². The molecule has 0 radical (unpaired) electrons. The van der Waals surface area contributed by atoms with Crippen molar-refractivity contribution in [3.05, 3.63) is 64.4 Å². The molecule has 3 N–H and O–H groups in total. The third-order valence-corrected chi connectivity index (χ3v) is 8.64. The molecule has 13 heteroatoms. The number of halogens is 1. The Morgan fingerprint density at radius 1 is 1.11 bits per heavy atom. The van der Waals surface area contributed by atoms with E-state index in [0.29, 0.717) is 54.2 Å². The van der Waals surface area contributed by atoms with Gasteiger partial charge in [0.1, 0.15) is 11.9 Å². The van der Waals surface area contributed by atoms with Gasteiger partial charge in [0.15, 0.2) is 0 Å². The van der Waals surface area contributed by atoms with Crippen molar-refractivity contribution in [1.82, 2.24) is 25.2 Å². The number of hydrogen-bond donors (Lipinski definition) is 3. The summed E-state index contributed by atoms with van der Waals surface area (Å²) < 4.78 is 10.9. The van der Waals surface area contributed by atoms with Gasteiger partial charge in [-0.05, 0) is 49.1 Å². The van der Waals surface area contributed by atoms with E-state index in [0.717, 1.165) is 42.9 Å². The highest BCUT2D eigenvalue weighted by molar-refractivity contribution is 6.33. The van der Waals surface area contributed by atoms with Gasteiger partial charge in [-0.2, -0.15) is 0 Å². The number of aliphatic hydroxyl groups is 1. The summed E-state index contributed by atoms with van der Waals surface area (Å²) in [5, 5.41) is 16.8.